The van der Waals surface area contributed by atoms with Gasteiger partial charge in [-0.1, -0.05) is 0 Å². The van der Waals surface area contributed by atoms with Crippen molar-refractivity contribution in [2.75, 3.05) is 0 Å². The summed E-state index contributed by atoms with van der Waals surface area (Å²) in [4.78, 5) is 10.2. The fourth-order valence-electron chi connectivity index (χ4n) is 0.512. The van der Waals surface area contributed by atoms with Crippen molar-refractivity contribution in [2.45, 2.75) is 12.5 Å². The number of nitrogens with two attached hydrogens (primary N) is 1. The van der Waals surface area contributed by atoms with E-state index < -0.39 is 12.0 Å². The summed E-state index contributed by atoms with van der Waals surface area (Å²) in [6.07, 6.45) is 0.152. The smallest absolute Gasteiger partial charge is 0.314 e. The number of hydrogen-bond acceptors (Lipinski definition) is 4. The van der Waals surface area contributed by atoms with Crippen molar-refractivity contribution in [1.29, 1.82) is 5.41 Å². The average molecular weight is 114 g/mol. The molecule has 8 heavy (non-hydrogen) atoms. The van der Waals surface area contributed by atoms with Gasteiger partial charge in [-0.25, -0.2) is 0 Å². The van der Waals surface area contributed by atoms with E-state index >= 15 is 0 Å². The highest BCUT2D eigenvalue weighted by molar-refractivity contribution is 5.98. The Labute approximate surface area is 46.1 Å². The van der Waals surface area contributed by atoms with E-state index in [4.69, 9.17) is 11.1 Å². The van der Waals surface area contributed by atoms with Crippen molar-refractivity contribution in [3.8, 4) is 0 Å². The van der Waals surface area contributed by atoms with Gasteiger partial charge in [0.2, 0.25) is 5.90 Å². The van der Waals surface area contributed by atoms with Crippen LogP contribution in [-0.2, 0) is 9.53 Å². The van der Waals surface area contributed by atoms with Gasteiger partial charge in [0, 0.05) is 0 Å². The molecule has 0 saturated carbocycles. The zero-order valence-corrected chi connectivity index (χ0v) is 4.18. The lowest BCUT2D eigenvalue weighted by molar-refractivity contribution is -0.133. The highest BCUT2D eigenvalue weighted by Gasteiger charge is 2.25. The molecule has 0 aromatic rings. The second kappa shape index (κ2) is 1.56. The van der Waals surface area contributed by atoms with Crippen LogP contribution in [0.15, 0.2) is 0 Å². The van der Waals surface area contributed by atoms with Gasteiger partial charge in [0.25, 0.3) is 0 Å². The van der Waals surface area contributed by atoms with Gasteiger partial charge in [-0.15, -0.1) is 0 Å². The zero-order valence-electron chi connectivity index (χ0n) is 4.18. The summed E-state index contributed by atoms with van der Waals surface area (Å²) in [5.41, 5.74) is 5.20. The summed E-state index contributed by atoms with van der Waals surface area (Å²) >= 11 is 0. The first-order valence-corrected chi connectivity index (χ1v) is 2.25. The van der Waals surface area contributed by atoms with Gasteiger partial charge >= 0.3 is 5.97 Å². The first-order chi connectivity index (χ1) is 3.70. The minimum Gasteiger partial charge on any atom is -0.410 e. The van der Waals surface area contributed by atoms with Crippen LogP contribution in [0, 0.1) is 5.41 Å². The molecule has 1 saturated heterocycles. The van der Waals surface area contributed by atoms with Gasteiger partial charge in [0.1, 0.15) is 0 Å². The second-order valence-corrected chi connectivity index (χ2v) is 1.65. The fraction of sp³-hybridized carbons (Fsp3) is 0.500. The largest absolute Gasteiger partial charge is 0.410 e. The lowest BCUT2D eigenvalue weighted by Gasteiger charge is -1.92. The zero-order chi connectivity index (χ0) is 6.15. The van der Waals surface area contributed by atoms with Gasteiger partial charge in [-0.05, 0) is 0 Å². The molecular weight excluding hydrogens is 108 g/mol. The van der Waals surface area contributed by atoms with Crippen molar-refractivity contribution in [2.24, 2.45) is 5.73 Å². The molecule has 0 aliphatic carbocycles. The van der Waals surface area contributed by atoms with E-state index in [0.29, 0.717) is 0 Å². The van der Waals surface area contributed by atoms with Crippen molar-refractivity contribution in [3.05, 3.63) is 0 Å². The van der Waals surface area contributed by atoms with E-state index in [1.54, 1.807) is 0 Å². The third-order valence-corrected chi connectivity index (χ3v) is 0.947. The minimum absolute atomic E-state index is 0.116. The molecule has 0 bridgehead atoms. The predicted octanol–water partition coefficient (Wildman–Crippen LogP) is -0.762. The van der Waals surface area contributed by atoms with Crippen LogP contribution in [0.5, 0.6) is 0 Å². The highest BCUT2D eigenvalue weighted by Crippen LogP contribution is 2.03. The summed E-state index contributed by atoms with van der Waals surface area (Å²) in [7, 11) is 0. The molecule has 1 rings (SSSR count). The van der Waals surface area contributed by atoms with Crippen LogP contribution < -0.4 is 5.73 Å². The minimum atomic E-state index is -0.498. The molecule has 4 nitrogen and oxygen atoms in total. The molecule has 0 radical (unpaired) electrons. The van der Waals surface area contributed by atoms with Crippen LogP contribution >= 0.6 is 0 Å². The number of rotatable bonds is 0. The van der Waals surface area contributed by atoms with Gasteiger partial charge in [0.05, 0.1) is 12.5 Å². The molecule has 44 valence electrons. The van der Waals surface area contributed by atoms with Crippen LogP contribution in [0.2, 0.25) is 0 Å². The van der Waals surface area contributed by atoms with E-state index in [9.17, 15) is 4.79 Å². The van der Waals surface area contributed by atoms with Gasteiger partial charge in [0.15, 0.2) is 0 Å². The molecule has 1 aliphatic rings. The molecular formula is C4H6N2O2. The van der Waals surface area contributed by atoms with Crippen molar-refractivity contribution in [1.82, 2.24) is 0 Å². The third kappa shape index (κ3) is 0.696. The molecule has 1 heterocycles. The number of ether oxygens (including phenoxy) is 1. The Morgan fingerprint density at radius 2 is 2.50 bits per heavy atom. The maximum Gasteiger partial charge on any atom is 0.314 e. The number of esters is 1. The maximum atomic E-state index is 10.2. The molecule has 0 spiro atoms. The van der Waals surface area contributed by atoms with Crippen LogP contribution in [0.3, 0.4) is 0 Å². The first kappa shape index (κ1) is 5.24. The normalized spacial score (nSPS) is 28.4. The Morgan fingerprint density at radius 1 is 1.88 bits per heavy atom. The summed E-state index contributed by atoms with van der Waals surface area (Å²) in [5.74, 6) is -0.516. The fourth-order valence-corrected chi connectivity index (χ4v) is 0.512. The number of carbonyl (C=O) groups excluding carboxylic acids is 1. The number of nitrogens with one attached hydrogen (secondary N) is 1. The van der Waals surface area contributed by atoms with Crippen molar-refractivity contribution >= 4 is 11.9 Å². The number of cyclic esters (lactones) is 1. The van der Waals surface area contributed by atoms with E-state index in [2.05, 4.69) is 4.74 Å². The summed E-state index contributed by atoms with van der Waals surface area (Å²) < 4.78 is 4.29. The Morgan fingerprint density at radius 3 is 2.62 bits per heavy atom. The Balaban J connectivity index is 2.64. The lowest BCUT2D eigenvalue weighted by atomic mass is 10.3. The molecule has 1 atom stereocenters. The summed E-state index contributed by atoms with van der Waals surface area (Å²) in [6.45, 7) is 0. The molecule has 1 fully saturated rings. The molecule has 0 aromatic heterocycles. The molecule has 3 N–H and O–H groups in total. The molecule has 4 heteroatoms. The molecule has 0 aromatic carbocycles. The Bertz CT molecular complexity index is 143. The van der Waals surface area contributed by atoms with E-state index in [-0.39, 0.29) is 12.3 Å². The Hall–Kier alpha value is -0.900. The van der Waals surface area contributed by atoms with Gasteiger partial charge < -0.3 is 10.5 Å². The topological polar surface area (TPSA) is 76.2 Å². The highest BCUT2D eigenvalue weighted by atomic mass is 16.5. The van der Waals surface area contributed by atoms with E-state index in [0.717, 1.165) is 0 Å². The first-order valence-electron chi connectivity index (χ1n) is 2.25. The lowest BCUT2D eigenvalue weighted by Crippen LogP contribution is -2.23. The van der Waals surface area contributed by atoms with Crippen LogP contribution in [-0.4, -0.2) is 17.9 Å². The van der Waals surface area contributed by atoms with Crippen LogP contribution in [0.4, 0.5) is 0 Å². The molecule has 1 aliphatic heterocycles. The predicted molar refractivity (Wildman–Crippen MR) is 26.4 cm³/mol. The van der Waals surface area contributed by atoms with Crippen molar-refractivity contribution < 1.29 is 9.53 Å². The van der Waals surface area contributed by atoms with E-state index in [1.165, 1.54) is 0 Å². The van der Waals surface area contributed by atoms with Crippen LogP contribution in [0.25, 0.3) is 0 Å². The molecule has 0 amide bonds. The van der Waals surface area contributed by atoms with Gasteiger partial charge in [-0.3, -0.25) is 10.2 Å². The quantitative estimate of drug-likeness (QED) is 0.406. The SMILES string of the molecule is N=C1OC(=O)CC1N. The monoisotopic (exact) mass is 114 g/mol. The van der Waals surface area contributed by atoms with Gasteiger partial charge in [-0.2, -0.15) is 0 Å². The number of hydrogen-bond donors (Lipinski definition) is 2. The molecule has 1 unspecified atom stereocenters. The van der Waals surface area contributed by atoms with Crippen molar-refractivity contribution in [3.63, 3.8) is 0 Å². The third-order valence-electron chi connectivity index (χ3n) is 0.947. The Kier molecular flexibility index (Phi) is 1.02. The van der Waals surface area contributed by atoms with E-state index in [1.807, 2.05) is 0 Å². The maximum absolute atomic E-state index is 10.2. The summed E-state index contributed by atoms with van der Waals surface area (Å²) in [5, 5.41) is 6.82. The average Bonchev–Trinajstić information content (AvgIpc) is 1.85. The standard InChI is InChI=1S/C4H6N2O2/c5-2-1-3(7)8-4(2)6/h2,6H,1,5H2. The second-order valence-electron chi connectivity index (χ2n) is 1.65. The van der Waals surface area contributed by atoms with Crippen LogP contribution in [0.1, 0.15) is 6.42 Å². The summed E-state index contributed by atoms with van der Waals surface area (Å²) in [6, 6.07) is -0.498. The number of carbonyl (C=O) groups is 1.